The number of aryl methyl sites for hydroxylation is 1. The van der Waals surface area contributed by atoms with Gasteiger partial charge in [-0.15, -0.1) is 0 Å². The summed E-state index contributed by atoms with van der Waals surface area (Å²) in [5.74, 6) is -11.6. The van der Waals surface area contributed by atoms with E-state index in [-0.39, 0.29) is 70.5 Å². The van der Waals surface area contributed by atoms with Crippen molar-refractivity contribution >= 4 is 70.9 Å². The smallest absolute Gasteiger partial charge is 0.268 e. The zero-order chi connectivity index (χ0) is 69.0. The van der Waals surface area contributed by atoms with E-state index in [1.807, 2.05) is 0 Å². The Labute approximate surface area is 540 Å². The van der Waals surface area contributed by atoms with Gasteiger partial charge in [0.15, 0.2) is 6.10 Å². The standard InChI is InChI=1S/C62H96N12O19/c1-8-33(5)50-58(88)69-42(31-75)55(85)65-38(9-2)54(84)71-51(34(6)76)59(89)67-40(21-18-35-16-19-37(93-7)20-17-35)61(91)73-25-10-13-43(73)56(86)68-41(28-36(77)29-47(79)46(78)27-32(3)4)52(82)60(90)66-39(22-23-48(63)80)53(83)64-30-49(81)72-24-12-15-45(72)62(92)74-26-11-14-44(74)57(87)70-50/h9,16-17,19-20,32-34,36,39-47,50-52,75-79,82H,8,10-15,18,21-31H2,1-7H3,(H2,63,80)(H,64,83)(H,65,85)(H,66,90)(H,67,89)(H,68,86)(H,69,88)(H,70,87)(H,71,84)/b38-9+/t33-,34+,36-,39+,40+,41+,42-,43-,44-,45-,46+,47-,50+,51-,52-/m0/s1. The topological polar surface area (TPSA) is 467 Å². The van der Waals surface area contributed by atoms with Crippen LogP contribution >= 0.6 is 0 Å². The summed E-state index contributed by atoms with van der Waals surface area (Å²) in [4.78, 5) is 173. The first-order valence-electron chi connectivity index (χ1n) is 31.9. The third-order valence-corrected chi connectivity index (χ3v) is 17.4. The van der Waals surface area contributed by atoms with Crippen LogP contribution < -0.4 is 53.0 Å². The summed E-state index contributed by atoms with van der Waals surface area (Å²) >= 11 is 0. The van der Waals surface area contributed by atoms with Crippen LogP contribution in [0.25, 0.3) is 0 Å². The molecular weight excluding hydrogens is 1220 g/mol. The molecule has 4 aliphatic heterocycles. The summed E-state index contributed by atoms with van der Waals surface area (Å²) in [6, 6.07) is -6.79. The van der Waals surface area contributed by atoms with E-state index in [1.165, 1.54) is 23.8 Å². The molecule has 0 saturated carbocycles. The van der Waals surface area contributed by atoms with Crippen LogP contribution in [0.5, 0.6) is 5.75 Å². The first-order valence-corrected chi connectivity index (χ1v) is 31.9. The van der Waals surface area contributed by atoms with Gasteiger partial charge in [0.1, 0.15) is 59.8 Å². The molecule has 0 spiro atoms. The molecule has 1 aromatic rings. The van der Waals surface area contributed by atoms with Gasteiger partial charge in [-0.3, -0.25) is 57.5 Å². The maximum absolute atomic E-state index is 15.0. The number of amides is 12. The fraction of sp³-hybridized carbons (Fsp3) is 0.677. The van der Waals surface area contributed by atoms with Crippen molar-refractivity contribution in [2.45, 2.75) is 216 Å². The number of primary amides is 1. The fourth-order valence-electron chi connectivity index (χ4n) is 11.8. The highest BCUT2D eigenvalue weighted by atomic mass is 16.5. The van der Waals surface area contributed by atoms with Gasteiger partial charge in [0.2, 0.25) is 59.1 Å². The molecule has 0 unspecified atom stereocenters. The van der Waals surface area contributed by atoms with Gasteiger partial charge in [-0.05, 0) is 114 Å². The number of allylic oxidation sites excluding steroid dienone is 1. The van der Waals surface area contributed by atoms with Gasteiger partial charge in [-0.1, -0.05) is 52.3 Å². The Balaban J connectivity index is 1.55. The lowest BCUT2D eigenvalue weighted by atomic mass is 9.94. The molecule has 0 aliphatic carbocycles. The lowest BCUT2D eigenvalue weighted by molar-refractivity contribution is -0.147. The van der Waals surface area contributed by atoms with Crippen molar-refractivity contribution in [3.63, 3.8) is 0 Å². The Morgan fingerprint density at radius 1 is 0.656 bits per heavy atom. The normalized spacial score (nSPS) is 28.0. The third kappa shape index (κ3) is 21.3. The number of carbonyl (C=O) groups excluding carboxylic acids is 12. The van der Waals surface area contributed by atoms with E-state index < -0.39 is 206 Å². The number of hydrogen-bond acceptors (Lipinski definition) is 19. The first-order chi connectivity index (χ1) is 44.0. The van der Waals surface area contributed by atoms with Gasteiger partial charge in [0.25, 0.3) is 11.8 Å². The summed E-state index contributed by atoms with van der Waals surface area (Å²) < 4.78 is 5.28. The van der Waals surface area contributed by atoms with E-state index in [1.54, 1.807) is 52.0 Å². The van der Waals surface area contributed by atoms with Crippen LogP contribution in [0.1, 0.15) is 131 Å². The lowest BCUT2D eigenvalue weighted by Gasteiger charge is -2.33. The third-order valence-electron chi connectivity index (χ3n) is 17.4. The van der Waals surface area contributed by atoms with Crippen LogP contribution in [0.2, 0.25) is 0 Å². The number of carbonyl (C=O) groups is 12. The van der Waals surface area contributed by atoms with Crippen molar-refractivity contribution in [2.75, 3.05) is 39.9 Å². The molecule has 4 fully saturated rings. The highest BCUT2D eigenvalue weighted by Crippen LogP contribution is 2.27. The van der Waals surface area contributed by atoms with Crippen LogP contribution in [-0.2, 0) is 64.0 Å². The van der Waals surface area contributed by atoms with E-state index in [9.17, 15) is 88.2 Å². The second-order valence-corrected chi connectivity index (χ2v) is 24.8. The van der Waals surface area contributed by atoms with Crippen molar-refractivity contribution in [3.05, 3.63) is 41.6 Å². The Morgan fingerprint density at radius 2 is 1.22 bits per heavy atom. The molecule has 0 radical (unpaired) electrons. The molecule has 0 bridgehead atoms. The van der Waals surface area contributed by atoms with Crippen LogP contribution in [-0.4, -0.2) is 241 Å². The predicted octanol–water partition coefficient (Wildman–Crippen LogP) is -4.39. The molecule has 16 N–H and O–H groups in total. The molecule has 4 aliphatic rings. The molecule has 0 aromatic heterocycles. The van der Waals surface area contributed by atoms with Gasteiger partial charge in [0, 0.05) is 32.5 Å². The highest BCUT2D eigenvalue weighted by Gasteiger charge is 2.45. The number of nitrogens with two attached hydrogens (primary N) is 1. The van der Waals surface area contributed by atoms with E-state index >= 15 is 0 Å². The molecule has 4 heterocycles. The number of hydrogen-bond donors (Lipinski definition) is 15. The second kappa shape index (κ2) is 36.0. The van der Waals surface area contributed by atoms with E-state index in [2.05, 4.69) is 42.5 Å². The number of nitrogens with zero attached hydrogens (tertiary/aromatic N) is 3. The van der Waals surface area contributed by atoms with Crippen molar-refractivity contribution in [1.29, 1.82) is 0 Å². The van der Waals surface area contributed by atoms with E-state index in [0.717, 1.165) is 17.9 Å². The number of methoxy groups -OCH3 is 1. The van der Waals surface area contributed by atoms with Crippen LogP contribution in [0.3, 0.4) is 0 Å². The van der Waals surface area contributed by atoms with Gasteiger partial charge < -0.3 is 98.3 Å². The monoisotopic (exact) mass is 1310 g/mol. The summed E-state index contributed by atoms with van der Waals surface area (Å²) in [7, 11) is 1.47. The van der Waals surface area contributed by atoms with Crippen LogP contribution in [0, 0.1) is 11.8 Å². The summed E-state index contributed by atoms with van der Waals surface area (Å²) in [6.45, 7) is 7.76. The van der Waals surface area contributed by atoms with Crippen LogP contribution in [0.4, 0.5) is 0 Å². The lowest BCUT2D eigenvalue weighted by Crippen LogP contribution is -2.61. The molecule has 5 rings (SSSR count). The van der Waals surface area contributed by atoms with Crippen molar-refractivity contribution in [2.24, 2.45) is 17.6 Å². The molecule has 15 atom stereocenters. The van der Waals surface area contributed by atoms with Gasteiger partial charge in [0.05, 0.1) is 50.7 Å². The number of aliphatic hydroxyl groups is 6. The minimum absolute atomic E-state index is 0.0202. The van der Waals surface area contributed by atoms with Gasteiger partial charge in [-0.2, -0.15) is 0 Å². The zero-order valence-corrected chi connectivity index (χ0v) is 54.0. The molecule has 4 saturated heterocycles. The maximum Gasteiger partial charge on any atom is 0.268 e. The molecule has 518 valence electrons. The molecule has 93 heavy (non-hydrogen) atoms. The number of fused-ring (bicyclic) bond motifs is 3. The first kappa shape index (κ1) is 75.9. The molecule has 31 heteroatoms. The number of ether oxygens (including phenoxy) is 1. The van der Waals surface area contributed by atoms with Crippen LogP contribution in [0.15, 0.2) is 36.0 Å². The van der Waals surface area contributed by atoms with E-state index in [0.29, 0.717) is 30.6 Å². The molecule has 31 nitrogen and oxygen atoms in total. The van der Waals surface area contributed by atoms with Crippen molar-refractivity contribution < 1.29 is 92.9 Å². The molecule has 12 amide bonds. The van der Waals surface area contributed by atoms with Gasteiger partial charge >= 0.3 is 0 Å². The zero-order valence-electron chi connectivity index (χ0n) is 54.0. The van der Waals surface area contributed by atoms with E-state index in [4.69, 9.17) is 10.5 Å². The SMILES string of the molecule is C/C=C1/NC(=O)[C@H](CO)NC(=O)[C@@H]([C@@H](C)CC)NC(=O)[C@@H]2CCCN2C(=O)[C@@H]2CCCN2C(=O)CNC(=O)[C@@H](CCC(N)=O)NC(=O)[C@@H](O)[C@@H](C[C@H](O)C[C@H](O)[C@H](O)CC(C)C)NC(=O)[C@@H]2CCCN2C(=O)[C@@H](CCc2ccc(OC)cc2)NC(=O)[C@H]([C@@H](C)O)NC1=O. The Bertz CT molecular complexity index is 2840. The molecular formula is C62H96N12O19. The molecule has 1 aromatic carbocycles. The summed E-state index contributed by atoms with van der Waals surface area (Å²) in [6.07, 6.45) is -7.95. The van der Waals surface area contributed by atoms with Crippen molar-refractivity contribution in [3.8, 4) is 5.75 Å². The minimum atomic E-state index is -2.34. The Kier molecular flexibility index (Phi) is 29.4. The Morgan fingerprint density at radius 3 is 1.78 bits per heavy atom. The average molecular weight is 1310 g/mol. The number of aliphatic hydroxyl groups excluding tert-OH is 6. The number of benzene rings is 1. The van der Waals surface area contributed by atoms with Crippen molar-refractivity contribution in [1.82, 2.24) is 57.2 Å². The average Bonchev–Trinajstić information content (AvgIpc) is 1.73. The largest absolute Gasteiger partial charge is 0.497 e. The minimum Gasteiger partial charge on any atom is -0.497 e. The highest BCUT2D eigenvalue weighted by molar-refractivity contribution is 6.03. The van der Waals surface area contributed by atoms with Gasteiger partial charge in [-0.25, -0.2) is 0 Å². The fourth-order valence-corrected chi connectivity index (χ4v) is 11.8. The second-order valence-electron chi connectivity index (χ2n) is 24.8. The predicted molar refractivity (Wildman–Crippen MR) is 331 cm³/mol. The Hall–Kier alpha value is -7.84. The maximum atomic E-state index is 15.0. The quantitative estimate of drug-likeness (QED) is 0.0617. The number of nitrogens with one attached hydrogen (secondary N) is 8. The summed E-state index contributed by atoms with van der Waals surface area (Å²) in [5.41, 5.74) is 5.61. The summed E-state index contributed by atoms with van der Waals surface area (Å²) in [5, 5.41) is 86.1. The number of rotatable bonds is 18.